The fourth-order valence-corrected chi connectivity index (χ4v) is 1.53. The van der Waals surface area contributed by atoms with E-state index in [9.17, 15) is 0 Å². The van der Waals surface area contributed by atoms with E-state index in [0.717, 1.165) is 12.2 Å². The van der Waals surface area contributed by atoms with Crippen molar-refractivity contribution in [1.29, 1.82) is 0 Å². The minimum absolute atomic E-state index is 0.188. The summed E-state index contributed by atoms with van der Waals surface area (Å²) in [5.41, 5.74) is 7.38. The van der Waals surface area contributed by atoms with Gasteiger partial charge in [-0.1, -0.05) is 20.8 Å². The van der Waals surface area contributed by atoms with E-state index < -0.39 is 0 Å². The third-order valence-corrected chi connectivity index (χ3v) is 2.07. The van der Waals surface area contributed by atoms with E-state index >= 15 is 0 Å². The number of fused-ring (bicyclic) bond motifs is 1. The lowest BCUT2D eigenvalue weighted by atomic mass is 9.97. The zero-order valence-electron chi connectivity index (χ0n) is 9.23. The maximum atomic E-state index is 5.71. The molecule has 5 heteroatoms. The smallest absolute Gasteiger partial charge is 0.165 e. The van der Waals surface area contributed by atoms with Crippen molar-refractivity contribution in [3.8, 4) is 0 Å². The van der Waals surface area contributed by atoms with Gasteiger partial charge in [0.15, 0.2) is 11.5 Å². The monoisotopic (exact) mass is 205 g/mol. The molecular formula is C10H15N5. The summed E-state index contributed by atoms with van der Waals surface area (Å²) in [5, 5.41) is 0. The molecule has 2 aromatic rings. The summed E-state index contributed by atoms with van der Waals surface area (Å²) in [5.74, 6) is 0.438. The van der Waals surface area contributed by atoms with Crippen molar-refractivity contribution in [3.63, 3.8) is 0 Å². The Labute approximate surface area is 88.4 Å². The summed E-state index contributed by atoms with van der Waals surface area (Å²) >= 11 is 0. The predicted molar refractivity (Wildman–Crippen MR) is 59.2 cm³/mol. The van der Waals surface area contributed by atoms with E-state index in [4.69, 9.17) is 5.73 Å². The molecule has 0 aromatic carbocycles. The Kier molecular flexibility index (Phi) is 2.10. The van der Waals surface area contributed by atoms with Gasteiger partial charge in [0.1, 0.15) is 11.8 Å². The van der Waals surface area contributed by atoms with Gasteiger partial charge in [0, 0.05) is 6.54 Å². The second-order valence-corrected chi connectivity index (χ2v) is 4.86. The molecule has 15 heavy (non-hydrogen) atoms. The summed E-state index contributed by atoms with van der Waals surface area (Å²) in [7, 11) is 0. The average molecular weight is 205 g/mol. The van der Waals surface area contributed by atoms with Crippen LogP contribution in [0.1, 0.15) is 20.8 Å². The van der Waals surface area contributed by atoms with Crippen molar-refractivity contribution >= 4 is 17.0 Å². The first kappa shape index (κ1) is 9.89. The van der Waals surface area contributed by atoms with Crippen LogP contribution in [-0.2, 0) is 6.54 Å². The topological polar surface area (TPSA) is 69.6 Å². The lowest BCUT2D eigenvalue weighted by molar-refractivity contribution is 0.347. The van der Waals surface area contributed by atoms with Crippen LogP contribution in [0.2, 0.25) is 0 Å². The average Bonchev–Trinajstić information content (AvgIpc) is 2.48. The number of aromatic nitrogens is 4. The highest BCUT2D eigenvalue weighted by molar-refractivity contribution is 5.81. The predicted octanol–water partition coefficient (Wildman–Crippen LogP) is 1.45. The number of anilines is 1. The van der Waals surface area contributed by atoms with Gasteiger partial charge in [-0.25, -0.2) is 15.0 Å². The molecule has 0 saturated heterocycles. The zero-order valence-corrected chi connectivity index (χ0v) is 9.23. The summed E-state index contributed by atoms with van der Waals surface area (Å²) in [6.45, 7) is 7.37. The van der Waals surface area contributed by atoms with Crippen molar-refractivity contribution in [1.82, 2.24) is 19.5 Å². The Morgan fingerprint density at radius 3 is 2.67 bits per heavy atom. The number of rotatable bonds is 1. The number of imidazole rings is 1. The first-order chi connectivity index (χ1) is 6.97. The van der Waals surface area contributed by atoms with Crippen LogP contribution in [0.25, 0.3) is 11.2 Å². The second-order valence-electron chi connectivity index (χ2n) is 4.86. The summed E-state index contributed by atoms with van der Waals surface area (Å²) in [4.78, 5) is 12.3. The summed E-state index contributed by atoms with van der Waals surface area (Å²) < 4.78 is 2.01. The van der Waals surface area contributed by atoms with E-state index in [-0.39, 0.29) is 5.41 Å². The van der Waals surface area contributed by atoms with Gasteiger partial charge in [-0.15, -0.1) is 0 Å². The molecule has 0 bridgehead atoms. The van der Waals surface area contributed by atoms with Gasteiger partial charge in [-0.3, -0.25) is 0 Å². The Bertz CT molecular complexity index is 480. The Hall–Kier alpha value is -1.65. The molecular weight excluding hydrogens is 190 g/mol. The molecule has 0 atom stereocenters. The Morgan fingerprint density at radius 2 is 2.00 bits per heavy atom. The standard InChI is InChI=1S/C10H15N5/c1-10(2,3)4-15-6-14-7-8(11)12-5-13-9(7)15/h5-6H,4H2,1-3H3,(H2,11,12,13). The molecule has 5 nitrogen and oxygen atoms in total. The Balaban J connectivity index is 2.50. The number of nitrogens with zero attached hydrogens (tertiary/aromatic N) is 4. The molecule has 2 N–H and O–H groups in total. The zero-order chi connectivity index (χ0) is 11.1. The SMILES string of the molecule is CC(C)(C)Cn1cnc2c(N)ncnc21. The molecule has 0 saturated carbocycles. The quantitative estimate of drug-likeness (QED) is 0.765. The van der Waals surface area contributed by atoms with Gasteiger partial charge < -0.3 is 10.3 Å². The fourth-order valence-electron chi connectivity index (χ4n) is 1.53. The minimum Gasteiger partial charge on any atom is -0.382 e. The highest BCUT2D eigenvalue weighted by atomic mass is 15.1. The van der Waals surface area contributed by atoms with Crippen molar-refractivity contribution < 1.29 is 0 Å². The third-order valence-electron chi connectivity index (χ3n) is 2.07. The molecule has 0 aliphatic carbocycles. The molecule has 0 aliphatic heterocycles. The number of hydrogen-bond acceptors (Lipinski definition) is 4. The second kappa shape index (κ2) is 3.18. The van der Waals surface area contributed by atoms with E-state index in [1.165, 1.54) is 6.33 Å². The molecule has 80 valence electrons. The van der Waals surface area contributed by atoms with Crippen LogP contribution in [0.4, 0.5) is 5.82 Å². The highest BCUT2D eigenvalue weighted by Crippen LogP contribution is 2.20. The van der Waals surface area contributed by atoms with Crippen LogP contribution in [-0.4, -0.2) is 19.5 Å². The molecule has 0 fully saturated rings. The molecule has 0 amide bonds. The Morgan fingerprint density at radius 1 is 1.27 bits per heavy atom. The van der Waals surface area contributed by atoms with E-state index in [1.54, 1.807) is 6.33 Å². The number of nitrogens with two attached hydrogens (primary N) is 1. The van der Waals surface area contributed by atoms with Crippen LogP contribution in [0.15, 0.2) is 12.7 Å². The van der Waals surface area contributed by atoms with Crippen LogP contribution < -0.4 is 5.73 Å². The first-order valence-electron chi connectivity index (χ1n) is 4.89. The van der Waals surface area contributed by atoms with Gasteiger partial charge in [0.25, 0.3) is 0 Å². The number of nitrogen functional groups attached to an aromatic ring is 1. The normalized spacial score (nSPS) is 12.2. The van der Waals surface area contributed by atoms with E-state index in [2.05, 4.69) is 35.7 Å². The maximum Gasteiger partial charge on any atom is 0.165 e. The fraction of sp³-hybridized carbons (Fsp3) is 0.500. The van der Waals surface area contributed by atoms with Crippen molar-refractivity contribution in [2.75, 3.05) is 5.73 Å². The summed E-state index contributed by atoms with van der Waals surface area (Å²) in [6, 6.07) is 0. The maximum absolute atomic E-state index is 5.71. The third kappa shape index (κ3) is 1.91. The van der Waals surface area contributed by atoms with Gasteiger partial charge in [-0.2, -0.15) is 0 Å². The van der Waals surface area contributed by atoms with Crippen molar-refractivity contribution in [2.24, 2.45) is 5.41 Å². The van der Waals surface area contributed by atoms with E-state index in [1.807, 2.05) is 4.57 Å². The molecule has 2 aromatic heterocycles. The van der Waals surface area contributed by atoms with Crippen LogP contribution in [0.5, 0.6) is 0 Å². The van der Waals surface area contributed by atoms with Crippen molar-refractivity contribution in [2.45, 2.75) is 27.3 Å². The molecule has 0 aliphatic rings. The molecule has 0 radical (unpaired) electrons. The first-order valence-corrected chi connectivity index (χ1v) is 4.89. The van der Waals surface area contributed by atoms with Crippen LogP contribution in [0, 0.1) is 5.41 Å². The van der Waals surface area contributed by atoms with E-state index in [0.29, 0.717) is 11.3 Å². The lowest BCUT2D eigenvalue weighted by Gasteiger charge is -2.18. The van der Waals surface area contributed by atoms with Gasteiger partial charge in [0.2, 0.25) is 0 Å². The molecule has 2 heterocycles. The minimum atomic E-state index is 0.188. The highest BCUT2D eigenvalue weighted by Gasteiger charge is 2.14. The van der Waals surface area contributed by atoms with Crippen LogP contribution >= 0.6 is 0 Å². The molecule has 0 spiro atoms. The van der Waals surface area contributed by atoms with Gasteiger partial charge in [-0.05, 0) is 5.41 Å². The van der Waals surface area contributed by atoms with Gasteiger partial charge >= 0.3 is 0 Å². The van der Waals surface area contributed by atoms with Crippen LogP contribution in [0.3, 0.4) is 0 Å². The summed E-state index contributed by atoms with van der Waals surface area (Å²) in [6.07, 6.45) is 3.24. The number of hydrogen-bond donors (Lipinski definition) is 1. The van der Waals surface area contributed by atoms with Crippen molar-refractivity contribution in [3.05, 3.63) is 12.7 Å². The molecule has 2 rings (SSSR count). The van der Waals surface area contributed by atoms with Gasteiger partial charge in [0.05, 0.1) is 6.33 Å². The largest absolute Gasteiger partial charge is 0.382 e. The molecule has 0 unspecified atom stereocenters. The lowest BCUT2D eigenvalue weighted by Crippen LogP contribution is -2.15.